The van der Waals surface area contributed by atoms with Gasteiger partial charge in [0, 0.05) is 10.2 Å². The van der Waals surface area contributed by atoms with Crippen LogP contribution >= 0.6 is 0 Å². The highest BCUT2D eigenvalue weighted by atomic mass is 14.8. The molecule has 0 radical (unpaired) electrons. The first-order valence-electron chi connectivity index (χ1n) is 5.75. The van der Waals surface area contributed by atoms with Crippen molar-refractivity contribution < 1.29 is 4.11 Å². The molecule has 0 saturated heterocycles. The minimum absolute atomic E-state index is 0.121. The monoisotopic (exact) mass is 144 g/mol. The molecule has 1 aliphatic carbocycles. The van der Waals surface area contributed by atoms with Gasteiger partial charge < -0.3 is 5.32 Å². The Morgan fingerprint density at radius 1 is 1.60 bits per heavy atom. The number of rotatable bonds is 3. The highest BCUT2D eigenvalue weighted by Crippen LogP contribution is 2.28. The molecule has 0 bridgehead atoms. The van der Waals surface area contributed by atoms with Gasteiger partial charge in [0.15, 0.2) is 0 Å². The maximum absolute atomic E-state index is 7.06. The molecule has 0 spiro atoms. The van der Waals surface area contributed by atoms with Crippen molar-refractivity contribution in [2.45, 2.75) is 45.1 Å². The van der Waals surface area contributed by atoms with Crippen LogP contribution in [0.2, 0.25) is 0 Å². The van der Waals surface area contributed by atoms with Crippen LogP contribution in [0.1, 0.15) is 43.1 Å². The van der Waals surface area contributed by atoms with E-state index in [-0.39, 0.29) is 6.04 Å². The summed E-state index contributed by atoms with van der Waals surface area (Å²) in [5.74, 6) is 0.754. The summed E-state index contributed by atoms with van der Waals surface area (Å²) in [4.78, 5) is 0. The van der Waals surface area contributed by atoms with Crippen molar-refractivity contribution in [1.29, 1.82) is 0 Å². The van der Waals surface area contributed by atoms with E-state index in [1.165, 1.54) is 25.7 Å². The largest absolute Gasteiger partial charge is 0.317 e. The van der Waals surface area contributed by atoms with Crippen molar-refractivity contribution in [3.8, 4) is 0 Å². The number of hydrogen-bond donors (Lipinski definition) is 1. The lowest BCUT2D eigenvalue weighted by Crippen LogP contribution is -2.23. The average Bonchev–Trinajstić information content (AvgIpc) is 2.34. The first kappa shape index (κ1) is 4.76. The fourth-order valence-corrected chi connectivity index (χ4v) is 1.80. The van der Waals surface area contributed by atoms with E-state index in [4.69, 9.17) is 4.11 Å². The van der Waals surface area contributed by atoms with Gasteiger partial charge in [-0.25, -0.2) is 0 Å². The van der Waals surface area contributed by atoms with Crippen molar-refractivity contribution >= 4 is 0 Å². The zero-order valence-electron chi connectivity index (χ0n) is 9.69. The van der Waals surface area contributed by atoms with E-state index in [1.54, 1.807) is 0 Å². The molecule has 1 unspecified atom stereocenters. The lowest BCUT2D eigenvalue weighted by atomic mass is 10.00. The molecule has 0 amide bonds. The molecule has 1 fully saturated rings. The Kier molecular flexibility index (Phi) is 1.89. The molecule has 1 atom stereocenters. The molecule has 0 heterocycles. The van der Waals surface area contributed by atoms with Crippen LogP contribution in [-0.4, -0.2) is 13.0 Å². The molecule has 1 N–H and O–H groups in total. The lowest BCUT2D eigenvalue weighted by Gasteiger charge is -2.14. The molecule has 60 valence electrons. The second-order valence-electron chi connectivity index (χ2n) is 3.43. The molecule has 1 saturated carbocycles. The van der Waals surface area contributed by atoms with Gasteiger partial charge in [0.25, 0.3) is 0 Å². The predicted octanol–water partition coefficient (Wildman–Crippen LogP) is 2.17. The van der Waals surface area contributed by atoms with Gasteiger partial charge in [-0.05, 0) is 26.2 Å². The van der Waals surface area contributed by atoms with Crippen molar-refractivity contribution in [2.24, 2.45) is 5.92 Å². The smallest absolute Gasteiger partial charge is 0.0391 e. The molecule has 1 nitrogen and oxygen atoms in total. The molecule has 0 aromatic carbocycles. The Morgan fingerprint density at radius 3 is 2.90 bits per heavy atom. The third-order valence-corrected chi connectivity index (χ3v) is 2.41. The second-order valence-corrected chi connectivity index (χ2v) is 3.43. The molecule has 1 heteroatoms. The number of hydrogen-bond acceptors (Lipinski definition) is 1. The summed E-state index contributed by atoms with van der Waals surface area (Å²) in [5.41, 5.74) is 0. The fraction of sp³-hybridized carbons (Fsp3) is 1.00. The first-order valence-corrected chi connectivity index (χ1v) is 4.25. The quantitative estimate of drug-likeness (QED) is 0.640. The van der Waals surface area contributed by atoms with Gasteiger partial charge in [-0.2, -0.15) is 0 Å². The summed E-state index contributed by atoms with van der Waals surface area (Å²) in [6.07, 6.45) is 6.23. The Morgan fingerprint density at radius 2 is 2.30 bits per heavy atom. The van der Waals surface area contributed by atoms with Crippen LogP contribution in [0.5, 0.6) is 0 Å². The van der Waals surface area contributed by atoms with Gasteiger partial charge in [-0.3, -0.25) is 0 Å². The van der Waals surface area contributed by atoms with Crippen molar-refractivity contribution in [2.75, 3.05) is 6.98 Å². The van der Waals surface area contributed by atoms with Crippen LogP contribution in [0.25, 0.3) is 0 Å². The third-order valence-electron chi connectivity index (χ3n) is 2.41. The zero-order valence-corrected chi connectivity index (χ0v) is 6.69. The van der Waals surface area contributed by atoms with Crippen LogP contribution in [0.3, 0.4) is 0 Å². The van der Waals surface area contributed by atoms with Gasteiger partial charge in [0.1, 0.15) is 0 Å². The van der Waals surface area contributed by atoms with E-state index < -0.39 is 6.98 Å². The van der Waals surface area contributed by atoms with Crippen molar-refractivity contribution in [3.63, 3.8) is 0 Å². The van der Waals surface area contributed by atoms with Gasteiger partial charge in [0.05, 0.1) is 0 Å². The highest BCUT2D eigenvalue weighted by molar-refractivity contribution is 4.71. The Hall–Kier alpha value is -0.0400. The topological polar surface area (TPSA) is 12.0 Å². The first-order chi connectivity index (χ1) is 5.97. The van der Waals surface area contributed by atoms with Crippen LogP contribution in [-0.2, 0) is 0 Å². The Bertz CT molecular complexity index is 149. The summed E-state index contributed by atoms with van der Waals surface area (Å²) in [6.45, 7) is -0.0112. The SMILES string of the molecule is [2H]C([2H])([2H])NC(C)CC1CCCC1. The number of nitrogens with one attached hydrogen (secondary N) is 1. The molecule has 0 aromatic heterocycles. The Balaban J connectivity index is 2.20. The third kappa shape index (κ3) is 2.30. The van der Waals surface area contributed by atoms with E-state index in [9.17, 15) is 0 Å². The van der Waals surface area contributed by atoms with Crippen molar-refractivity contribution in [1.82, 2.24) is 5.32 Å². The van der Waals surface area contributed by atoms with Crippen LogP contribution in [0.15, 0.2) is 0 Å². The average molecular weight is 144 g/mol. The predicted molar refractivity (Wildman–Crippen MR) is 45.1 cm³/mol. The summed E-state index contributed by atoms with van der Waals surface area (Å²) in [5, 5.41) is 2.65. The molecule has 0 aromatic rings. The summed E-state index contributed by atoms with van der Waals surface area (Å²) >= 11 is 0. The maximum Gasteiger partial charge on any atom is 0.0391 e. The standard InChI is InChI=1S/C9H19N/c1-8(10-2)7-9-5-3-4-6-9/h8-10H,3-7H2,1-2H3/i2D3. The molecule has 1 aliphatic rings. The fourth-order valence-electron chi connectivity index (χ4n) is 1.80. The zero-order chi connectivity index (χ0) is 9.90. The summed E-state index contributed by atoms with van der Waals surface area (Å²) in [7, 11) is 0. The van der Waals surface area contributed by atoms with Gasteiger partial charge >= 0.3 is 0 Å². The van der Waals surface area contributed by atoms with E-state index >= 15 is 0 Å². The van der Waals surface area contributed by atoms with E-state index in [1.807, 2.05) is 6.92 Å². The van der Waals surface area contributed by atoms with Crippen LogP contribution in [0, 0.1) is 5.92 Å². The summed E-state index contributed by atoms with van der Waals surface area (Å²) < 4.78 is 21.2. The van der Waals surface area contributed by atoms with E-state index in [0.717, 1.165) is 12.3 Å². The van der Waals surface area contributed by atoms with Gasteiger partial charge in [-0.15, -0.1) is 0 Å². The highest BCUT2D eigenvalue weighted by Gasteiger charge is 2.16. The van der Waals surface area contributed by atoms with Gasteiger partial charge in [-0.1, -0.05) is 25.7 Å². The molecular formula is C9H19N. The Labute approximate surface area is 68.4 Å². The van der Waals surface area contributed by atoms with Gasteiger partial charge in [0.2, 0.25) is 0 Å². The van der Waals surface area contributed by atoms with E-state index in [0.29, 0.717) is 0 Å². The van der Waals surface area contributed by atoms with Crippen molar-refractivity contribution in [3.05, 3.63) is 0 Å². The summed E-state index contributed by atoms with van der Waals surface area (Å²) in [6, 6.07) is 0.121. The van der Waals surface area contributed by atoms with Crippen LogP contribution < -0.4 is 5.32 Å². The van der Waals surface area contributed by atoms with E-state index in [2.05, 4.69) is 5.32 Å². The molecule has 10 heavy (non-hydrogen) atoms. The normalized spacial score (nSPS) is 29.1. The molecular weight excluding hydrogens is 122 g/mol. The minimum atomic E-state index is -1.97. The maximum atomic E-state index is 7.06. The molecule has 0 aliphatic heterocycles. The second kappa shape index (κ2) is 3.97. The molecule has 1 rings (SSSR count). The minimum Gasteiger partial charge on any atom is -0.317 e. The van der Waals surface area contributed by atoms with Crippen LogP contribution in [0.4, 0.5) is 0 Å². The lowest BCUT2D eigenvalue weighted by molar-refractivity contribution is 0.424.